The molecule has 1 amide bonds. The average molecular weight is 341 g/mol. The zero-order chi connectivity index (χ0) is 16.7. The Morgan fingerprint density at radius 3 is 2.75 bits per heavy atom. The maximum absolute atomic E-state index is 12.5. The summed E-state index contributed by atoms with van der Waals surface area (Å²) in [4.78, 5) is 29.3. The number of nitrogens with one attached hydrogen (secondary N) is 2. The van der Waals surface area contributed by atoms with Crippen LogP contribution in [0.25, 0.3) is 11.0 Å². The van der Waals surface area contributed by atoms with Gasteiger partial charge in [-0.1, -0.05) is 23.7 Å². The number of imidazole rings is 1. The number of rotatable bonds is 2. The number of para-hydroxylation sites is 2. The van der Waals surface area contributed by atoms with Crippen LogP contribution in [0.2, 0.25) is 5.02 Å². The summed E-state index contributed by atoms with van der Waals surface area (Å²) in [7, 11) is 0. The van der Waals surface area contributed by atoms with Gasteiger partial charge in [0.05, 0.1) is 17.5 Å². The minimum Gasteiger partial charge on any atom is -0.343 e. The van der Waals surface area contributed by atoms with Gasteiger partial charge >= 0.3 is 0 Å². The number of halogens is 1. The van der Waals surface area contributed by atoms with Crippen molar-refractivity contribution in [2.24, 2.45) is 0 Å². The van der Waals surface area contributed by atoms with E-state index < -0.39 is 6.04 Å². The molecule has 1 aliphatic rings. The van der Waals surface area contributed by atoms with E-state index in [4.69, 9.17) is 11.6 Å². The monoisotopic (exact) mass is 340 g/mol. The summed E-state index contributed by atoms with van der Waals surface area (Å²) >= 11 is 5.83. The molecule has 4 rings (SSSR count). The van der Waals surface area contributed by atoms with Crippen LogP contribution < -0.4 is 10.6 Å². The molecule has 0 spiro atoms. The van der Waals surface area contributed by atoms with Crippen molar-refractivity contribution >= 4 is 46.1 Å². The van der Waals surface area contributed by atoms with E-state index >= 15 is 0 Å². The largest absolute Gasteiger partial charge is 0.343 e. The summed E-state index contributed by atoms with van der Waals surface area (Å²) in [6, 6.07) is 13.5. The zero-order valence-electron chi connectivity index (χ0n) is 12.5. The molecule has 0 bridgehead atoms. The zero-order valence-corrected chi connectivity index (χ0v) is 13.2. The fourth-order valence-corrected chi connectivity index (χ4v) is 2.89. The SMILES string of the molecule is O=C(Nc1ccc(Cl)cc1)[C@@H]1CC(=O)n2c(nc3ccccc32)N1. The molecule has 0 saturated heterocycles. The van der Waals surface area contributed by atoms with E-state index in [9.17, 15) is 9.59 Å². The molecular weight excluding hydrogens is 328 g/mol. The molecule has 0 unspecified atom stereocenters. The summed E-state index contributed by atoms with van der Waals surface area (Å²) in [5, 5.41) is 6.41. The highest BCUT2D eigenvalue weighted by Crippen LogP contribution is 2.25. The van der Waals surface area contributed by atoms with Gasteiger partial charge in [-0.15, -0.1) is 0 Å². The Hall–Kier alpha value is -2.86. The third-order valence-electron chi connectivity index (χ3n) is 3.92. The van der Waals surface area contributed by atoms with E-state index in [1.165, 1.54) is 4.57 Å². The van der Waals surface area contributed by atoms with Crippen LogP contribution in [0.5, 0.6) is 0 Å². The molecule has 24 heavy (non-hydrogen) atoms. The van der Waals surface area contributed by atoms with Gasteiger partial charge in [0.1, 0.15) is 6.04 Å². The molecule has 2 N–H and O–H groups in total. The van der Waals surface area contributed by atoms with E-state index in [-0.39, 0.29) is 18.2 Å². The molecule has 2 aromatic carbocycles. The Bertz CT molecular complexity index is 949. The fourth-order valence-electron chi connectivity index (χ4n) is 2.77. The van der Waals surface area contributed by atoms with Crippen LogP contribution >= 0.6 is 11.6 Å². The second-order valence-electron chi connectivity index (χ2n) is 5.55. The molecule has 0 fully saturated rings. The van der Waals surface area contributed by atoms with Gasteiger partial charge in [0.2, 0.25) is 17.8 Å². The summed E-state index contributed by atoms with van der Waals surface area (Å²) in [5.41, 5.74) is 2.08. The highest BCUT2D eigenvalue weighted by atomic mass is 35.5. The number of hydrogen-bond donors (Lipinski definition) is 2. The van der Waals surface area contributed by atoms with E-state index in [1.54, 1.807) is 24.3 Å². The number of nitrogens with zero attached hydrogens (tertiary/aromatic N) is 2. The lowest BCUT2D eigenvalue weighted by molar-refractivity contribution is -0.117. The highest BCUT2D eigenvalue weighted by Gasteiger charge is 2.31. The quantitative estimate of drug-likeness (QED) is 0.751. The number of carbonyl (C=O) groups is 2. The van der Waals surface area contributed by atoms with Crippen LogP contribution in [0.1, 0.15) is 11.2 Å². The molecule has 2 heterocycles. The smallest absolute Gasteiger partial charge is 0.247 e. The van der Waals surface area contributed by atoms with Gasteiger partial charge in [-0.05, 0) is 36.4 Å². The first-order valence-corrected chi connectivity index (χ1v) is 7.83. The second kappa shape index (κ2) is 5.65. The second-order valence-corrected chi connectivity index (χ2v) is 5.99. The molecule has 1 aliphatic heterocycles. The lowest BCUT2D eigenvalue weighted by Crippen LogP contribution is -2.42. The number of benzene rings is 2. The summed E-state index contributed by atoms with van der Waals surface area (Å²) in [6.07, 6.45) is 0.0623. The molecule has 3 aromatic rings. The third kappa shape index (κ3) is 2.51. The Morgan fingerprint density at radius 2 is 1.96 bits per heavy atom. The standard InChI is InChI=1S/C17H13ClN4O2/c18-10-5-7-11(8-6-10)19-16(24)13-9-15(23)22-14-4-2-1-3-12(14)20-17(22)21-13/h1-8,13H,9H2,(H,19,24)(H,20,21)/t13-/m0/s1. The number of anilines is 2. The van der Waals surface area contributed by atoms with Crippen LogP contribution in [0.4, 0.5) is 11.6 Å². The van der Waals surface area contributed by atoms with E-state index in [1.807, 2.05) is 24.3 Å². The number of hydrogen-bond acceptors (Lipinski definition) is 4. The first-order valence-electron chi connectivity index (χ1n) is 7.45. The summed E-state index contributed by atoms with van der Waals surface area (Å²) in [6.45, 7) is 0. The lowest BCUT2D eigenvalue weighted by atomic mass is 10.1. The first-order chi connectivity index (χ1) is 11.6. The lowest BCUT2D eigenvalue weighted by Gasteiger charge is -2.23. The number of amides is 1. The Morgan fingerprint density at radius 1 is 1.21 bits per heavy atom. The van der Waals surface area contributed by atoms with Crippen LogP contribution in [0, 0.1) is 0 Å². The van der Waals surface area contributed by atoms with E-state index in [2.05, 4.69) is 15.6 Å². The maximum atomic E-state index is 12.5. The van der Waals surface area contributed by atoms with Gasteiger partial charge in [0, 0.05) is 10.7 Å². The van der Waals surface area contributed by atoms with Crippen LogP contribution in [-0.4, -0.2) is 27.4 Å². The topological polar surface area (TPSA) is 76.0 Å². The van der Waals surface area contributed by atoms with Gasteiger partial charge in [-0.2, -0.15) is 0 Å². The first kappa shape index (κ1) is 14.7. The van der Waals surface area contributed by atoms with Gasteiger partial charge in [-0.25, -0.2) is 9.55 Å². The van der Waals surface area contributed by atoms with E-state index in [0.29, 0.717) is 22.2 Å². The van der Waals surface area contributed by atoms with Crippen LogP contribution in [0.15, 0.2) is 48.5 Å². The number of carbonyl (C=O) groups excluding carboxylic acids is 2. The Kier molecular flexibility index (Phi) is 3.46. The predicted molar refractivity (Wildman–Crippen MR) is 92.5 cm³/mol. The van der Waals surface area contributed by atoms with Crippen LogP contribution in [-0.2, 0) is 4.79 Å². The molecule has 0 saturated carbocycles. The van der Waals surface area contributed by atoms with Gasteiger partial charge in [0.25, 0.3) is 0 Å². The maximum Gasteiger partial charge on any atom is 0.247 e. The van der Waals surface area contributed by atoms with Crippen molar-refractivity contribution in [1.82, 2.24) is 9.55 Å². The van der Waals surface area contributed by atoms with Gasteiger partial charge < -0.3 is 10.6 Å². The van der Waals surface area contributed by atoms with Crippen molar-refractivity contribution in [1.29, 1.82) is 0 Å². The van der Waals surface area contributed by atoms with Crippen molar-refractivity contribution < 1.29 is 9.59 Å². The van der Waals surface area contributed by atoms with Crippen molar-refractivity contribution in [2.75, 3.05) is 10.6 Å². The van der Waals surface area contributed by atoms with E-state index in [0.717, 1.165) is 5.52 Å². The molecule has 7 heteroatoms. The molecular formula is C17H13ClN4O2. The molecule has 6 nitrogen and oxygen atoms in total. The molecule has 1 atom stereocenters. The third-order valence-corrected chi connectivity index (χ3v) is 4.17. The highest BCUT2D eigenvalue weighted by molar-refractivity contribution is 6.30. The summed E-state index contributed by atoms with van der Waals surface area (Å²) < 4.78 is 1.52. The predicted octanol–water partition coefficient (Wildman–Crippen LogP) is 3.15. The summed E-state index contributed by atoms with van der Waals surface area (Å²) in [5.74, 6) is -0.0543. The van der Waals surface area contributed by atoms with Gasteiger partial charge in [0.15, 0.2) is 0 Å². The Labute approximate surface area is 142 Å². The molecule has 0 aliphatic carbocycles. The normalized spacial score (nSPS) is 16.5. The molecule has 120 valence electrons. The number of aromatic nitrogens is 2. The molecule has 1 aromatic heterocycles. The Balaban J connectivity index is 1.59. The van der Waals surface area contributed by atoms with Crippen molar-refractivity contribution in [3.63, 3.8) is 0 Å². The van der Waals surface area contributed by atoms with Crippen molar-refractivity contribution in [2.45, 2.75) is 12.5 Å². The minimum atomic E-state index is -0.669. The average Bonchev–Trinajstić information content (AvgIpc) is 2.95. The number of fused-ring (bicyclic) bond motifs is 3. The van der Waals surface area contributed by atoms with Crippen molar-refractivity contribution in [3.05, 3.63) is 53.6 Å². The van der Waals surface area contributed by atoms with Gasteiger partial charge in [-0.3, -0.25) is 9.59 Å². The van der Waals surface area contributed by atoms with Crippen LogP contribution in [0.3, 0.4) is 0 Å². The fraction of sp³-hybridized carbons (Fsp3) is 0.118. The minimum absolute atomic E-state index is 0.0623. The van der Waals surface area contributed by atoms with Crippen molar-refractivity contribution in [3.8, 4) is 0 Å². The molecule has 0 radical (unpaired) electrons.